The summed E-state index contributed by atoms with van der Waals surface area (Å²) in [4.78, 5) is 16.7. The molecule has 0 aliphatic carbocycles. The first-order valence-electron chi connectivity index (χ1n) is 6.26. The van der Waals surface area contributed by atoms with Crippen LogP contribution >= 0.6 is 22.9 Å². The molecule has 1 N–H and O–H groups in total. The molecule has 0 bridgehead atoms. The van der Waals surface area contributed by atoms with Gasteiger partial charge in [-0.25, -0.2) is 4.79 Å². The number of nitrogens with one attached hydrogen (secondary N) is 1. The third-order valence-corrected chi connectivity index (χ3v) is 3.73. The van der Waals surface area contributed by atoms with E-state index in [1.165, 1.54) is 11.3 Å². The molecule has 2 heterocycles. The highest BCUT2D eigenvalue weighted by Crippen LogP contribution is 2.22. The number of benzene rings is 1. The molecule has 0 saturated heterocycles. The van der Waals surface area contributed by atoms with Gasteiger partial charge in [0.25, 0.3) is 5.89 Å². The van der Waals surface area contributed by atoms with Crippen LogP contribution in [0.4, 0.5) is 10.5 Å². The first-order valence-corrected chi connectivity index (χ1v) is 7.52. The van der Waals surface area contributed by atoms with Gasteiger partial charge in [-0.1, -0.05) is 22.8 Å². The summed E-state index contributed by atoms with van der Waals surface area (Å²) < 4.78 is 10.1. The summed E-state index contributed by atoms with van der Waals surface area (Å²) >= 11 is 7.25. The van der Waals surface area contributed by atoms with Gasteiger partial charge in [-0.15, -0.1) is 11.3 Å². The van der Waals surface area contributed by atoms with Crippen LogP contribution in [0.15, 0.2) is 46.3 Å². The average Bonchev–Trinajstić information content (AvgIpc) is 3.18. The van der Waals surface area contributed by atoms with Crippen LogP contribution < -0.4 is 5.32 Å². The SMILES string of the molecule is O=C(Nc1ccc(Cl)cc1)OCc1noc(-c2cccs2)n1. The number of carbonyl (C=O) groups is 1. The second-order valence-electron chi connectivity index (χ2n) is 4.20. The summed E-state index contributed by atoms with van der Waals surface area (Å²) in [5.74, 6) is 0.710. The number of anilines is 1. The van der Waals surface area contributed by atoms with Crippen molar-refractivity contribution in [2.75, 3.05) is 5.32 Å². The molecule has 1 amide bonds. The van der Waals surface area contributed by atoms with Gasteiger partial charge in [0.15, 0.2) is 6.61 Å². The van der Waals surface area contributed by atoms with Crippen molar-refractivity contribution in [2.45, 2.75) is 6.61 Å². The molecular weight excluding hydrogens is 326 g/mol. The van der Waals surface area contributed by atoms with Crippen LogP contribution in [-0.2, 0) is 11.3 Å². The van der Waals surface area contributed by atoms with Crippen molar-refractivity contribution in [3.05, 3.63) is 52.6 Å². The highest BCUT2D eigenvalue weighted by atomic mass is 35.5. The van der Waals surface area contributed by atoms with E-state index < -0.39 is 6.09 Å². The molecule has 6 nitrogen and oxygen atoms in total. The van der Waals surface area contributed by atoms with E-state index in [1.807, 2.05) is 17.5 Å². The lowest BCUT2D eigenvalue weighted by molar-refractivity contribution is 0.151. The Morgan fingerprint density at radius 1 is 1.32 bits per heavy atom. The third kappa shape index (κ3) is 3.63. The summed E-state index contributed by atoms with van der Waals surface area (Å²) in [6.07, 6.45) is -0.607. The van der Waals surface area contributed by atoms with Crippen LogP contribution in [0.1, 0.15) is 5.82 Å². The van der Waals surface area contributed by atoms with E-state index in [4.69, 9.17) is 20.9 Å². The van der Waals surface area contributed by atoms with E-state index in [-0.39, 0.29) is 6.61 Å². The fraction of sp³-hybridized carbons (Fsp3) is 0.0714. The first kappa shape index (κ1) is 14.6. The molecule has 0 unspecified atom stereocenters. The van der Waals surface area contributed by atoms with Crippen LogP contribution in [0.25, 0.3) is 10.8 Å². The van der Waals surface area contributed by atoms with Crippen molar-refractivity contribution in [3.8, 4) is 10.8 Å². The number of halogens is 1. The molecule has 0 aliphatic rings. The summed E-state index contributed by atoms with van der Waals surface area (Å²) in [7, 11) is 0. The first-order chi connectivity index (χ1) is 10.7. The third-order valence-electron chi connectivity index (χ3n) is 2.62. The Morgan fingerprint density at radius 3 is 2.86 bits per heavy atom. The predicted molar refractivity (Wildman–Crippen MR) is 82.9 cm³/mol. The van der Waals surface area contributed by atoms with Crippen molar-refractivity contribution in [1.29, 1.82) is 0 Å². The van der Waals surface area contributed by atoms with Crippen molar-refractivity contribution >= 4 is 34.7 Å². The van der Waals surface area contributed by atoms with Gasteiger partial charge in [-0.2, -0.15) is 4.98 Å². The van der Waals surface area contributed by atoms with E-state index in [1.54, 1.807) is 24.3 Å². The number of ether oxygens (including phenoxy) is 1. The quantitative estimate of drug-likeness (QED) is 0.773. The smallest absolute Gasteiger partial charge is 0.412 e. The normalized spacial score (nSPS) is 10.4. The number of amides is 1. The van der Waals surface area contributed by atoms with Gasteiger partial charge in [0.1, 0.15) is 0 Å². The Hall–Kier alpha value is -2.38. The van der Waals surface area contributed by atoms with Crippen molar-refractivity contribution in [2.24, 2.45) is 0 Å². The number of rotatable bonds is 4. The highest BCUT2D eigenvalue weighted by Gasteiger charge is 2.11. The Labute approximate surface area is 134 Å². The monoisotopic (exact) mass is 335 g/mol. The van der Waals surface area contributed by atoms with Crippen LogP contribution in [-0.4, -0.2) is 16.2 Å². The lowest BCUT2D eigenvalue weighted by Gasteiger charge is -2.04. The van der Waals surface area contributed by atoms with E-state index >= 15 is 0 Å². The van der Waals surface area contributed by atoms with Crippen LogP contribution in [0.5, 0.6) is 0 Å². The molecule has 2 aromatic heterocycles. The number of thiophene rings is 1. The lowest BCUT2D eigenvalue weighted by atomic mass is 10.3. The molecule has 0 fully saturated rings. The molecule has 22 heavy (non-hydrogen) atoms. The molecule has 0 atom stereocenters. The predicted octanol–water partition coefficient (Wildman–Crippen LogP) is 4.20. The molecule has 3 aromatic rings. The Balaban J connectivity index is 1.54. The van der Waals surface area contributed by atoms with Crippen LogP contribution in [0.2, 0.25) is 5.02 Å². The van der Waals surface area contributed by atoms with Gasteiger partial charge in [0, 0.05) is 10.7 Å². The zero-order chi connectivity index (χ0) is 15.4. The van der Waals surface area contributed by atoms with E-state index in [0.29, 0.717) is 22.4 Å². The maximum absolute atomic E-state index is 11.7. The second kappa shape index (κ2) is 6.59. The van der Waals surface area contributed by atoms with E-state index in [2.05, 4.69) is 15.5 Å². The number of hydrogen-bond acceptors (Lipinski definition) is 6. The van der Waals surface area contributed by atoms with E-state index in [0.717, 1.165) is 4.88 Å². The molecule has 3 rings (SSSR count). The van der Waals surface area contributed by atoms with Gasteiger partial charge >= 0.3 is 6.09 Å². The zero-order valence-electron chi connectivity index (χ0n) is 11.2. The number of aromatic nitrogens is 2. The van der Waals surface area contributed by atoms with Gasteiger partial charge in [-0.05, 0) is 35.7 Å². The van der Waals surface area contributed by atoms with Gasteiger partial charge in [-0.3, -0.25) is 5.32 Å². The topological polar surface area (TPSA) is 77.2 Å². The molecule has 0 radical (unpaired) electrons. The molecule has 0 aliphatic heterocycles. The maximum atomic E-state index is 11.7. The minimum atomic E-state index is -0.607. The number of nitrogens with zero attached hydrogens (tertiary/aromatic N) is 2. The Bertz CT molecular complexity index is 756. The van der Waals surface area contributed by atoms with E-state index in [9.17, 15) is 4.79 Å². The minimum Gasteiger partial charge on any atom is -0.441 e. The van der Waals surface area contributed by atoms with Crippen LogP contribution in [0.3, 0.4) is 0 Å². The van der Waals surface area contributed by atoms with Crippen molar-refractivity contribution in [3.63, 3.8) is 0 Å². The molecule has 112 valence electrons. The summed E-state index contributed by atoms with van der Waals surface area (Å²) in [5, 5.41) is 8.83. The number of carbonyl (C=O) groups excluding carboxylic acids is 1. The molecular formula is C14H10ClN3O3S. The summed E-state index contributed by atoms with van der Waals surface area (Å²) in [6.45, 7) is -0.0751. The van der Waals surface area contributed by atoms with Gasteiger partial charge < -0.3 is 9.26 Å². The molecule has 1 aromatic carbocycles. The Kier molecular flexibility index (Phi) is 4.36. The number of hydrogen-bond donors (Lipinski definition) is 1. The second-order valence-corrected chi connectivity index (χ2v) is 5.59. The molecule has 0 spiro atoms. The maximum Gasteiger partial charge on any atom is 0.412 e. The van der Waals surface area contributed by atoms with Gasteiger partial charge in [0.05, 0.1) is 4.88 Å². The standard InChI is InChI=1S/C14H10ClN3O3S/c15-9-3-5-10(6-4-9)16-14(19)20-8-12-17-13(21-18-12)11-2-1-7-22-11/h1-7H,8H2,(H,16,19). The van der Waals surface area contributed by atoms with Crippen molar-refractivity contribution < 1.29 is 14.1 Å². The fourth-order valence-corrected chi connectivity index (χ4v) is 2.40. The average molecular weight is 336 g/mol. The summed E-state index contributed by atoms with van der Waals surface area (Å²) in [5.41, 5.74) is 0.585. The molecule has 8 heteroatoms. The minimum absolute atomic E-state index is 0.0751. The molecule has 0 saturated carbocycles. The Morgan fingerprint density at radius 2 is 2.14 bits per heavy atom. The fourth-order valence-electron chi connectivity index (χ4n) is 1.63. The van der Waals surface area contributed by atoms with Crippen LogP contribution in [0, 0.1) is 0 Å². The highest BCUT2D eigenvalue weighted by molar-refractivity contribution is 7.13. The summed E-state index contributed by atoms with van der Waals surface area (Å²) in [6, 6.07) is 10.4. The lowest BCUT2D eigenvalue weighted by Crippen LogP contribution is -2.13. The van der Waals surface area contributed by atoms with Gasteiger partial charge in [0.2, 0.25) is 5.82 Å². The largest absolute Gasteiger partial charge is 0.441 e. The zero-order valence-corrected chi connectivity index (χ0v) is 12.7. The van der Waals surface area contributed by atoms with Crippen molar-refractivity contribution in [1.82, 2.24) is 10.1 Å².